The second kappa shape index (κ2) is 14.5. The van der Waals surface area contributed by atoms with Gasteiger partial charge in [-0.15, -0.1) is 0 Å². The number of amides is 3. The van der Waals surface area contributed by atoms with Gasteiger partial charge in [0.15, 0.2) is 0 Å². The van der Waals surface area contributed by atoms with E-state index in [9.17, 15) is 24.6 Å². The van der Waals surface area contributed by atoms with Crippen LogP contribution in [0.2, 0.25) is 5.02 Å². The van der Waals surface area contributed by atoms with E-state index in [1.807, 2.05) is 6.92 Å². The first kappa shape index (κ1) is 34.3. The number of hydrogen-bond acceptors (Lipinski definition) is 6. The van der Waals surface area contributed by atoms with Gasteiger partial charge in [0.25, 0.3) is 5.91 Å². The van der Waals surface area contributed by atoms with Gasteiger partial charge < -0.3 is 30.5 Å². The number of halogens is 1. The highest BCUT2D eigenvalue weighted by Gasteiger charge is 2.40. The van der Waals surface area contributed by atoms with Crippen LogP contribution in [0.1, 0.15) is 69.3 Å². The Morgan fingerprint density at radius 1 is 0.955 bits per heavy atom. The van der Waals surface area contributed by atoms with Gasteiger partial charge in [0.2, 0.25) is 5.91 Å². The summed E-state index contributed by atoms with van der Waals surface area (Å²) in [6, 6.07) is 13.6. The van der Waals surface area contributed by atoms with Crippen LogP contribution in [0.3, 0.4) is 0 Å². The first-order valence-electron chi connectivity index (χ1n) is 14.6. The van der Waals surface area contributed by atoms with Crippen LogP contribution in [0.25, 0.3) is 0 Å². The lowest BCUT2D eigenvalue weighted by atomic mass is 9.96. The molecule has 0 saturated carbocycles. The Balaban J connectivity index is 2.16. The van der Waals surface area contributed by atoms with Crippen LogP contribution in [-0.4, -0.2) is 50.7 Å². The van der Waals surface area contributed by atoms with E-state index < -0.39 is 41.6 Å². The number of carbonyl (C=O) groups is 3. The number of anilines is 1. The second-order valence-electron chi connectivity index (χ2n) is 11.9. The molecule has 0 saturated heterocycles. The maximum absolute atomic E-state index is 14.6. The van der Waals surface area contributed by atoms with Gasteiger partial charge in [-0.25, -0.2) is 4.79 Å². The third-order valence-electron chi connectivity index (χ3n) is 7.25. The maximum atomic E-state index is 14.6. The number of phenols is 2. The molecule has 0 bridgehead atoms. The van der Waals surface area contributed by atoms with Gasteiger partial charge in [-0.05, 0) is 82.9 Å². The van der Waals surface area contributed by atoms with Crippen molar-refractivity contribution in [1.82, 2.24) is 10.2 Å². The van der Waals surface area contributed by atoms with Crippen LogP contribution in [0.4, 0.5) is 10.5 Å². The average molecular weight is 624 g/mol. The molecule has 0 aliphatic rings. The molecule has 3 aromatic carbocycles. The highest BCUT2D eigenvalue weighted by Crippen LogP contribution is 2.36. The lowest BCUT2D eigenvalue weighted by molar-refractivity contribution is -0.143. The number of aryl methyl sites for hydroxylation is 2. The molecule has 3 atom stereocenters. The highest BCUT2D eigenvalue weighted by atomic mass is 35.5. The molecule has 236 valence electrons. The molecule has 0 heterocycles. The minimum Gasteiger partial charge on any atom is -0.508 e. The Bertz CT molecular complexity index is 1470. The van der Waals surface area contributed by atoms with Gasteiger partial charge in [-0.2, -0.15) is 0 Å². The van der Waals surface area contributed by atoms with Crippen molar-refractivity contribution in [2.45, 2.75) is 85.0 Å². The summed E-state index contributed by atoms with van der Waals surface area (Å²) < 4.78 is 5.48. The molecule has 3 rings (SSSR count). The van der Waals surface area contributed by atoms with Crippen molar-refractivity contribution < 1.29 is 29.3 Å². The van der Waals surface area contributed by atoms with E-state index in [2.05, 4.69) is 10.6 Å². The predicted molar refractivity (Wildman–Crippen MR) is 172 cm³/mol. The number of carbonyl (C=O) groups excluding carboxylic acids is 3. The first-order valence-corrected chi connectivity index (χ1v) is 14.9. The number of rotatable bonds is 10. The third kappa shape index (κ3) is 8.66. The van der Waals surface area contributed by atoms with Crippen molar-refractivity contribution in [1.29, 1.82) is 0 Å². The topological polar surface area (TPSA) is 128 Å². The van der Waals surface area contributed by atoms with Crippen LogP contribution in [0, 0.1) is 13.8 Å². The van der Waals surface area contributed by atoms with Crippen LogP contribution in [-0.2, 0) is 20.7 Å². The quantitative estimate of drug-likeness (QED) is 0.196. The second-order valence-corrected chi connectivity index (χ2v) is 12.3. The number of ether oxygens (including phenoxy) is 1. The number of nitrogens with zero attached hydrogens (tertiary/aromatic N) is 1. The molecule has 3 aromatic rings. The van der Waals surface area contributed by atoms with Crippen molar-refractivity contribution in [3.63, 3.8) is 0 Å². The molecule has 0 spiro atoms. The molecule has 0 aliphatic carbocycles. The van der Waals surface area contributed by atoms with E-state index in [0.717, 1.165) is 5.56 Å². The Hall–Kier alpha value is -4.24. The number of alkyl carbamates (subject to hydrolysis) is 1. The van der Waals surface area contributed by atoms with E-state index in [0.29, 0.717) is 28.3 Å². The van der Waals surface area contributed by atoms with Crippen molar-refractivity contribution >= 4 is 35.2 Å². The minimum absolute atomic E-state index is 0.0447. The van der Waals surface area contributed by atoms with Crippen molar-refractivity contribution in [3.8, 4) is 11.5 Å². The average Bonchev–Trinajstić information content (AvgIpc) is 2.94. The highest BCUT2D eigenvalue weighted by molar-refractivity contribution is 6.34. The van der Waals surface area contributed by atoms with E-state index in [1.165, 1.54) is 17.0 Å². The smallest absolute Gasteiger partial charge is 0.408 e. The van der Waals surface area contributed by atoms with Crippen LogP contribution in [0.15, 0.2) is 60.7 Å². The summed E-state index contributed by atoms with van der Waals surface area (Å²) in [5, 5.41) is 26.9. The number of aromatic hydroxyl groups is 2. The lowest BCUT2D eigenvalue weighted by Crippen LogP contribution is -2.55. The normalized spacial score (nSPS) is 13.4. The van der Waals surface area contributed by atoms with Gasteiger partial charge >= 0.3 is 6.09 Å². The third-order valence-corrected chi connectivity index (χ3v) is 7.56. The molecular formula is C34H42ClN3O6. The molecule has 0 radical (unpaired) electrons. The van der Waals surface area contributed by atoms with E-state index >= 15 is 0 Å². The molecule has 0 aromatic heterocycles. The molecule has 0 fully saturated rings. The summed E-state index contributed by atoms with van der Waals surface area (Å²) in [5.41, 5.74) is 1.69. The summed E-state index contributed by atoms with van der Waals surface area (Å²) in [6.07, 6.45) is -0.293. The maximum Gasteiger partial charge on any atom is 0.408 e. The molecule has 3 unspecified atom stereocenters. The monoisotopic (exact) mass is 623 g/mol. The van der Waals surface area contributed by atoms with E-state index in [1.54, 1.807) is 90.1 Å². The summed E-state index contributed by atoms with van der Waals surface area (Å²) in [5.74, 6) is -1.22. The first-order chi connectivity index (χ1) is 20.6. The number of nitrogens with one attached hydrogen (secondary N) is 2. The number of hydrogen-bond donors (Lipinski definition) is 4. The molecule has 0 aliphatic heterocycles. The van der Waals surface area contributed by atoms with Gasteiger partial charge in [-0.3, -0.25) is 9.59 Å². The minimum atomic E-state index is -1.30. The predicted octanol–water partition coefficient (Wildman–Crippen LogP) is 6.81. The van der Waals surface area contributed by atoms with Crippen LogP contribution >= 0.6 is 11.6 Å². The van der Waals surface area contributed by atoms with Crippen molar-refractivity contribution in [2.75, 3.05) is 5.32 Å². The Labute approximate surface area is 264 Å². The molecule has 10 heteroatoms. The molecular weight excluding hydrogens is 582 g/mol. The SMILES string of the molecule is CCC(C)N(C(=O)C(Cc1ccc(O)cc1)NC(=O)OC(C)(C)C)C(C(=O)Nc1c(C)cccc1Cl)c1cccc(C)c1O. The molecule has 4 N–H and O–H groups in total. The Morgan fingerprint density at radius 3 is 2.16 bits per heavy atom. The zero-order valence-corrected chi connectivity index (χ0v) is 27.0. The largest absolute Gasteiger partial charge is 0.508 e. The fraction of sp³-hybridized carbons (Fsp3) is 0.382. The van der Waals surface area contributed by atoms with E-state index in [-0.39, 0.29) is 23.5 Å². The number of benzene rings is 3. The van der Waals surface area contributed by atoms with Gasteiger partial charge in [0.1, 0.15) is 29.2 Å². The Kier molecular flexibility index (Phi) is 11.3. The van der Waals surface area contributed by atoms with Crippen LogP contribution < -0.4 is 10.6 Å². The molecule has 9 nitrogen and oxygen atoms in total. The summed E-state index contributed by atoms with van der Waals surface area (Å²) >= 11 is 6.45. The van der Waals surface area contributed by atoms with Gasteiger partial charge in [-0.1, -0.05) is 61.0 Å². The Morgan fingerprint density at radius 2 is 1.57 bits per heavy atom. The lowest BCUT2D eigenvalue weighted by Gasteiger charge is -2.38. The number of phenolic OH excluding ortho intramolecular Hbond substituents is 2. The number of para-hydroxylation sites is 2. The molecule has 3 amide bonds. The van der Waals surface area contributed by atoms with Crippen molar-refractivity contribution in [2.24, 2.45) is 0 Å². The fourth-order valence-electron chi connectivity index (χ4n) is 4.79. The van der Waals surface area contributed by atoms with Crippen molar-refractivity contribution in [3.05, 3.63) is 87.9 Å². The molecule has 44 heavy (non-hydrogen) atoms. The zero-order chi connectivity index (χ0) is 32.8. The standard InChI is InChI=1S/C34H42ClN3O6/c1-8-22(4)38(32(42)27(36-33(43)44-34(5,6)7)19-23-15-17-24(39)18-16-23)29(25-13-9-12-21(3)30(25)40)31(41)37-28-20(2)11-10-14-26(28)35/h9-18,22,27,29,39-40H,8,19H2,1-7H3,(H,36,43)(H,37,41). The summed E-state index contributed by atoms with van der Waals surface area (Å²) in [6.45, 7) is 12.3. The zero-order valence-electron chi connectivity index (χ0n) is 26.3. The fourth-order valence-corrected chi connectivity index (χ4v) is 5.06. The van der Waals surface area contributed by atoms with Crippen LogP contribution in [0.5, 0.6) is 11.5 Å². The summed E-state index contributed by atoms with van der Waals surface area (Å²) in [7, 11) is 0. The summed E-state index contributed by atoms with van der Waals surface area (Å²) in [4.78, 5) is 43.3. The van der Waals surface area contributed by atoms with Gasteiger partial charge in [0.05, 0.1) is 10.7 Å². The van der Waals surface area contributed by atoms with E-state index in [4.69, 9.17) is 16.3 Å². The van der Waals surface area contributed by atoms with Gasteiger partial charge in [0, 0.05) is 18.0 Å².